The Labute approximate surface area is 163 Å². The zero-order valence-electron chi connectivity index (χ0n) is 15.5. The van der Waals surface area contributed by atoms with Crippen LogP contribution in [0.4, 0.5) is 11.6 Å². The minimum Gasteiger partial charge on any atom is -0.465 e. The minimum absolute atomic E-state index is 0.172. The number of fused-ring (bicyclic) bond motifs is 4. The molecule has 10 heteroatoms. The topological polar surface area (TPSA) is 119 Å². The van der Waals surface area contributed by atoms with Crippen molar-refractivity contribution in [2.24, 2.45) is 0 Å². The second kappa shape index (κ2) is 6.30. The average Bonchev–Trinajstić information content (AvgIpc) is 3.33. The molecular formula is C19H16N6O4. The Morgan fingerprint density at radius 3 is 2.97 bits per heavy atom. The highest BCUT2D eigenvalue weighted by molar-refractivity contribution is 5.96. The summed E-state index contributed by atoms with van der Waals surface area (Å²) in [5.41, 5.74) is 4.07. The van der Waals surface area contributed by atoms with Gasteiger partial charge >= 0.3 is 11.8 Å². The number of anilines is 1. The molecule has 4 aromatic rings. The number of nitrogens with zero attached hydrogens (tertiary/aromatic N) is 5. The fraction of sp³-hybridized carbons (Fsp3) is 0.211. The van der Waals surface area contributed by atoms with Crippen molar-refractivity contribution < 1.29 is 14.5 Å². The number of ether oxygens (including phenoxy) is 1. The van der Waals surface area contributed by atoms with Crippen LogP contribution in [0.3, 0.4) is 0 Å². The number of carbonyl (C=O) groups excluding carboxylic acids is 1. The van der Waals surface area contributed by atoms with Gasteiger partial charge in [0, 0.05) is 47.7 Å². The van der Waals surface area contributed by atoms with E-state index in [0.29, 0.717) is 30.1 Å². The average molecular weight is 392 g/mol. The summed E-state index contributed by atoms with van der Waals surface area (Å²) in [5.74, 6) is 0.0751. The molecule has 10 nitrogen and oxygen atoms in total. The third-order valence-corrected chi connectivity index (χ3v) is 5.24. The first kappa shape index (κ1) is 17.2. The summed E-state index contributed by atoms with van der Waals surface area (Å²) in [6.07, 6.45) is 1.97. The molecule has 1 aliphatic heterocycles. The molecule has 1 aliphatic rings. The van der Waals surface area contributed by atoms with Gasteiger partial charge in [0.15, 0.2) is 5.82 Å². The van der Waals surface area contributed by atoms with Crippen LogP contribution in [0.5, 0.6) is 0 Å². The lowest BCUT2D eigenvalue weighted by Gasteiger charge is -2.27. The highest BCUT2D eigenvalue weighted by Crippen LogP contribution is 2.31. The maximum atomic E-state index is 11.9. The van der Waals surface area contributed by atoms with Gasteiger partial charge in [-0.15, -0.1) is 0 Å². The van der Waals surface area contributed by atoms with Gasteiger partial charge in [-0.25, -0.2) is 9.78 Å². The van der Waals surface area contributed by atoms with Crippen LogP contribution in [0, 0.1) is 10.1 Å². The van der Waals surface area contributed by atoms with E-state index in [9.17, 15) is 14.9 Å². The molecule has 0 saturated carbocycles. The second-order valence-corrected chi connectivity index (χ2v) is 6.84. The molecule has 3 aromatic heterocycles. The van der Waals surface area contributed by atoms with Crippen LogP contribution in [0.1, 0.15) is 21.6 Å². The number of aromatic amines is 1. The molecule has 0 amide bonds. The van der Waals surface area contributed by atoms with Crippen molar-refractivity contribution in [2.75, 3.05) is 18.6 Å². The number of hydrogen-bond donors (Lipinski definition) is 1. The zero-order valence-corrected chi connectivity index (χ0v) is 15.5. The Kier molecular flexibility index (Phi) is 3.73. The second-order valence-electron chi connectivity index (χ2n) is 6.84. The lowest BCUT2D eigenvalue weighted by atomic mass is 10.0. The lowest BCUT2D eigenvalue weighted by Crippen LogP contribution is -2.31. The first-order valence-corrected chi connectivity index (χ1v) is 9.01. The molecule has 146 valence electrons. The Hall–Kier alpha value is -3.95. The quantitative estimate of drug-likeness (QED) is 0.323. The number of H-pyrrole nitrogens is 1. The summed E-state index contributed by atoms with van der Waals surface area (Å²) in [5, 5.41) is 16.6. The van der Waals surface area contributed by atoms with Crippen molar-refractivity contribution in [1.29, 1.82) is 0 Å². The van der Waals surface area contributed by atoms with Crippen LogP contribution in [0.15, 0.2) is 36.5 Å². The summed E-state index contributed by atoms with van der Waals surface area (Å²) >= 11 is 0. The fourth-order valence-electron chi connectivity index (χ4n) is 3.80. The Morgan fingerprint density at radius 1 is 1.31 bits per heavy atom. The molecule has 1 N–H and O–H groups in total. The maximum Gasteiger partial charge on any atom is 0.368 e. The van der Waals surface area contributed by atoms with E-state index in [-0.39, 0.29) is 11.8 Å². The number of nitro groups is 1. The Bertz CT molecular complexity index is 1290. The third kappa shape index (κ3) is 2.68. The Balaban J connectivity index is 1.55. The van der Waals surface area contributed by atoms with Gasteiger partial charge in [-0.05, 0) is 29.2 Å². The van der Waals surface area contributed by atoms with E-state index in [1.54, 1.807) is 12.1 Å². The molecule has 0 fully saturated rings. The molecule has 0 spiro atoms. The number of nitrogens with one attached hydrogen (secondary N) is 1. The molecular weight excluding hydrogens is 376 g/mol. The predicted molar refractivity (Wildman–Crippen MR) is 104 cm³/mol. The van der Waals surface area contributed by atoms with Gasteiger partial charge in [-0.2, -0.15) is 0 Å². The molecule has 29 heavy (non-hydrogen) atoms. The number of benzene rings is 1. The number of imidazole rings is 1. The fourth-order valence-corrected chi connectivity index (χ4v) is 3.80. The van der Waals surface area contributed by atoms with Crippen molar-refractivity contribution >= 4 is 34.2 Å². The third-order valence-electron chi connectivity index (χ3n) is 5.24. The van der Waals surface area contributed by atoms with Gasteiger partial charge in [0.2, 0.25) is 5.65 Å². The van der Waals surface area contributed by atoms with Crippen LogP contribution in [-0.2, 0) is 17.7 Å². The van der Waals surface area contributed by atoms with Gasteiger partial charge in [0.05, 0.1) is 12.7 Å². The largest absolute Gasteiger partial charge is 0.465 e. The minimum atomic E-state index is -0.501. The van der Waals surface area contributed by atoms with Gasteiger partial charge < -0.3 is 24.7 Å². The van der Waals surface area contributed by atoms with Gasteiger partial charge in [0.1, 0.15) is 6.20 Å². The highest BCUT2D eigenvalue weighted by Gasteiger charge is 2.24. The molecule has 0 aliphatic carbocycles. The monoisotopic (exact) mass is 392 g/mol. The molecule has 0 atom stereocenters. The maximum absolute atomic E-state index is 11.9. The summed E-state index contributed by atoms with van der Waals surface area (Å²) in [7, 11) is 1.36. The van der Waals surface area contributed by atoms with Crippen molar-refractivity contribution in [1.82, 2.24) is 19.6 Å². The number of aromatic nitrogens is 4. The van der Waals surface area contributed by atoms with E-state index in [1.807, 2.05) is 18.2 Å². The standard InChI is InChI=1S/C19H16N6O4/c1-29-19(26)11-2-3-14-12(8-11)13-10-23(7-6-15(13)21-14)17-5-4-16-20-9-18(25(27)28)24(16)22-17/h2-5,8-9,21H,6-7,10H2,1H3. The first-order chi connectivity index (χ1) is 14.0. The van der Waals surface area contributed by atoms with E-state index in [2.05, 4.69) is 20.0 Å². The van der Waals surface area contributed by atoms with E-state index >= 15 is 0 Å². The summed E-state index contributed by atoms with van der Waals surface area (Å²) in [4.78, 5) is 32.1. The van der Waals surface area contributed by atoms with E-state index in [4.69, 9.17) is 4.74 Å². The zero-order chi connectivity index (χ0) is 20.1. The summed E-state index contributed by atoms with van der Waals surface area (Å²) < 4.78 is 6.07. The van der Waals surface area contributed by atoms with E-state index < -0.39 is 4.92 Å². The normalized spacial score (nSPS) is 13.6. The number of methoxy groups -OCH3 is 1. The van der Waals surface area contributed by atoms with E-state index in [0.717, 1.165) is 28.6 Å². The highest BCUT2D eigenvalue weighted by atomic mass is 16.6. The van der Waals surface area contributed by atoms with Crippen molar-refractivity contribution in [3.05, 3.63) is 63.5 Å². The summed E-state index contributed by atoms with van der Waals surface area (Å²) in [6.45, 7) is 1.28. The van der Waals surface area contributed by atoms with Crippen molar-refractivity contribution in [3.8, 4) is 0 Å². The van der Waals surface area contributed by atoms with Gasteiger partial charge in [-0.3, -0.25) is 0 Å². The Morgan fingerprint density at radius 2 is 2.17 bits per heavy atom. The number of hydrogen-bond acceptors (Lipinski definition) is 7. The smallest absolute Gasteiger partial charge is 0.368 e. The molecule has 0 saturated heterocycles. The molecule has 1 aromatic carbocycles. The summed E-state index contributed by atoms with van der Waals surface area (Å²) in [6, 6.07) is 8.98. The van der Waals surface area contributed by atoms with Crippen LogP contribution in [-0.4, -0.2) is 44.1 Å². The van der Waals surface area contributed by atoms with Crippen LogP contribution in [0.2, 0.25) is 0 Å². The molecule has 0 unspecified atom stereocenters. The first-order valence-electron chi connectivity index (χ1n) is 9.01. The van der Waals surface area contributed by atoms with Gasteiger partial charge in [0.25, 0.3) is 0 Å². The van der Waals surface area contributed by atoms with Crippen LogP contribution < -0.4 is 4.90 Å². The molecule has 0 bridgehead atoms. The van der Waals surface area contributed by atoms with Crippen molar-refractivity contribution in [2.45, 2.75) is 13.0 Å². The number of rotatable bonds is 3. The van der Waals surface area contributed by atoms with Crippen LogP contribution in [0.25, 0.3) is 16.6 Å². The van der Waals surface area contributed by atoms with Crippen molar-refractivity contribution in [3.63, 3.8) is 0 Å². The molecule has 5 rings (SSSR count). The lowest BCUT2D eigenvalue weighted by molar-refractivity contribution is -0.391. The molecule has 0 radical (unpaired) electrons. The molecule has 4 heterocycles. The predicted octanol–water partition coefficient (Wildman–Crippen LogP) is 2.47. The van der Waals surface area contributed by atoms with Gasteiger partial charge in [-0.1, -0.05) is 9.61 Å². The van der Waals surface area contributed by atoms with E-state index in [1.165, 1.54) is 17.8 Å². The number of carbonyl (C=O) groups is 1. The number of esters is 1. The SMILES string of the molecule is COC(=O)c1ccc2[nH]c3c(c2c1)CN(c1ccc2ncc([N+](=O)[O-])n2n1)CC3. The van der Waals surface area contributed by atoms with Crippen LogP contribution >= 0.6 is 0 Å².